The molecule has 8 heteroatoms. The summed E-state index contributed by atoms with van der Waals surface area (Å²) in [6.07, 6.45) is 0.177. The Bertz CT molecular complexity index is 1160. The molecule has 0 aliphatic heterocycles. The molecule has 0 radical (unpaired) electrons. The van der Waals surface area contributed by atoms with E-state index >= 15 is 0 Å². The van der Waals surface area contributed by atoms with Gasteiger partial charge >= 0.3 is 0 Å². The van der Waals surface area contributed by atoms with Crippen LogP contribution in [0.4, 0.5) is 0 Å². The van der Waals surface area contributed by atoms with Crippen molar-refractivity contribution in [3.63, 3.8) is 0 Å². The predicted molar refractivity (Wildman–Crippen MR) is 125 cm³/mol. The van der Waals surface area contributed by atoms with Gasteiger partial charge in [-0.25, -0.2) is 8.42 Å². The standard InChI is InChI=1S/C24H25ClN2O4S/c1-17(19-11-7-4-8-12-19)26-24(28)21(15-18-9-5-3-6-10-18)27-32(29,30)23-16-20(25)13-14-22(23)31-2/h3-14,16-17,21,27H,15H2,1-2H3,(H,26,28)/t17-,21+/m1/s1. The summed E-state index contributed by atoms with van der Waals surface area (Å²) >= 11 is 6.02. The molecule has 6 nitrogen and oxygen atoms in total. The van der Waals surface area contributed by atoms with E-state index in [0.29, 0.717) is 0 Å². The molecular weight excluding hydrogens is 448 g/mol. The number of hydrogen-bond acceptors (Lipinski definition) is 4. The number of ether oxygens (including phenoxy) is 1. The van der Waals surface area contributed by atoms with Crippen LogP contribution in [0.2, 0.25) is 5.02 Å². The molecule has 0 fully saturated rings. The number of benzene rings is 3. The second-order valence-corrected chi connectivity index (χ2v) is 9.42. The van der Waals surface area contributed by atoms with Gasteiger partial charge in [0, 0.05) is 5.02 Å². The molecule has 2 N–H and O–H groups in total. The van der Waals surface area contributed by atoms with Crippen LogP contribution in [0.5, 0.6) is 5.75 Å². The van der Waals surface area contributed by atoms with Crippen LogP contribution < -0.4 is 14.8 Å². The molecule has 0 saturated carbocycles. The zero-order chi connectivity index (χ0) is 23.1. The second-order valence-electron chi connectivity index (χ2n) is 7.30. The largest absolute Gasteiger partial charge is 0.495 e. The Balaban J connectivity index is 1.89. The maximum absolute atomic E-state index is 13.2. The van der Waals surface area contributed by atoms with Gasteiger partial charge in [-0.15, -0.1) is 0 Å². The number of halogens is 1. The van der Waals surface area contributed by atoms with Crippen molar-refractivity contribution in [2.45, 2.75) is 30.3 Å². The number of carbonyl (C=O) groups excluding carboxylic acids is 1. The highest BCUT2D eigenvalue weighted by molar-refractivity contribution is 7.89. The first kappa shape index (κ1) is 23.8. The SMILES string of the molecule is COc1ccc(Cl)cc1S(=O)(=O)N[C@@H](Cc1ccccc1)C(=O)N[C@H](C)c1ccccc1. The number of carbonyl (C=O) groups is 1. The molecule has 3 aromatic rings. The van der Waals surface area contributed by atoms with Gasteiger partial charge in [0.1, 0.15) is 16.7 Å². The van der Waals surface area contributed by atoms with Gasteiger partial charge < -0.3 is 10.1 Å². The van der Waals surface area contributed by atoms with Crippen LogP contribution in [0.1, 0.15) is 24.1 Å². The number of amides is 1. The van der Waals surface area contributed by atoms with Gasteiger partial charge in [0.15, 0.2) is 0 Å². The molecular formula is C24H25ClN2O4S. The van der Waals surface area contributed by atoms with Crippen LogP contribution >= 0.6 is 11.6 Å². The average Bonchev–Trinajstić information content (AvgIpc) is 2.79. The number of hydrogen-bond donors (Lipinski definition) is 2. The molecule has 32 heavy (non-hydrogen) atoms. The van der Waals surface area contributed by atoms with Crippen LogP contribution in [0.25, 0.3) is 0 Å². The van der Waals surface area contributed by atoms with E-state index in [4.69, 9.17) is 16.3 Å². The fraction of sp³-hybridized carbons (Fsp3) is 0.208. The van der Waals surface area contributed by atoms with Gasteiger partial charge in [-0.2, -0.15) is 4.72 Å². The smallest absolute Gasteiger partial charge is 0.245 e. The molecule has 0 aliphatic carbocycles. The first-order valence-electron chi connectivity index (χ1n) is 10.1. The number of rotatable bonds is 9. The third-order valence-electron chi connectivity index (χ3n) is 4.97. The number of nitrogens with one attached hydrogen (secondary N) is 2. The minimum atomic E-state index is -4.11. The van der Waals surface area contributed by atoms with Crippen LogP contribution in [0.3, 0.4) is 0 Å². The van der Waals surface area contributed by atoms with E-state index < -0.39 is 22.0 Å². The predicted octanol–water partition coefficient (Wildman–Crippen LogP) is 4.12. The van der Waals surface area contributed by atoms with E-state index in [-0.39, 0.29) is 28.1 Å². The van der Waals surface area contributed by atoms with Gasteiger partial charge in [0.2, 0.25) is 15.9 Å². The fourth-order valence-electron chi connectivity index (χ4n) is 3.29. The normalized spacial score (nSPS) is 13.2. The molecule has 3 aromatic carbocycles. The Labute approximate surface area is 193 Å². The van der Waals surface area contributed by atoms with Gasteiger partial charge in [-0.1, -0.05) is 72.3 Å². The maximum atomic E-state index is 13.2. The topological polar surface area (TPSA) is 84.5 Å². The van der Waals surface area contributed by atoms with Crippen LogP contribution in [0, 0.1) is 0 Å². The molecule has 1 amide bonds. The molecule has 0 aliphatic rings. The van der Waals surface area contributed by atoms with E-state index in [1.54, 1.807) is 0 Å². The third-order valence-corrected chi connectivity index (χ3v) is 6.70. The first-order valence-corrected chi connectivity index (χ1v) is 11.9. The summed E-state index contributed by atoms with van der Waals surface area (Å²) in [6.45, 7) is 1.85. The fourth-order valence-corrected chi connectivity index (χ4v) is 4.92. The lowest BCUT2D eigenvalue weighted by molar-refractivity contribution is -0.123. The van der Waals surface area contributed by atoms with Crippen LogP contribution in [-0.2, 0) is 21.2 Å². The molecule has 3 rings (SSSR count). The minimum absolute atomic E-state index is 0.130. The monoisotopic (exact) mass is 472 g/mol. The molecule has 0 aromatic heterocycles. The number of sulfonamides is 1. The molecule has 2 atom stereocenters. The highest BCUT2D eigenvalue weighted by Gasteiger charge is 2.29. The van der Waals surface area contributed by atoms with Crippen LogP contribution in [0.15, 0.2) is 83.8 Å². The van der Waals surface area contributed by atoms with E-state index in [2.05, 4.69) is 10.0 Å². The van der Waals surface area contributed by atoms with Gasteiger partial charge in [-0.3, -0.25) is 4.79 Å². The summed E-state index contributed by atoms with van der Waals surface area (Å²) in [4.78, 5) is 13.0. The van der Waals surface area contributed by atoms with Crippen molar-refractivity contribution < 1.29 is 17.9 Å². The zero-order valence-electron chi connectivity index (χ0n) is 17.8. The Hall–Kier alpha value is -2.87. The van der Waals surface area contributed by atoms with E-state index in [0.717, 1.165) is 11.1 Å². The second kappa shape index (κ2) is 10.6. The zero-order valence-corrected chi connectivity index (χ0v) is 19.4. The van der Waals surface area contributed by atoms with E-state index in [1.807, 2.05) is 67.6 Å². The van der Waals surface area contributed by atoms with Gasteiger partial charge in [0.25, 0.3) is 0 Å². The lowest BCUT2D eigenvalue weighted by Crippen LogP contribution is -2.48. The Morgan fingerprint density at radius 1 is 1.00 bits per heavy atom. The molecule has 0 heterocycles. The van der Waals surface area contributed by atoms with E-state index in [9.17, 15) is 13.2 Å². The average molecular weight is 473 g/mol. The number of methoxy groups -OCH3 is 1. The minimum Gasteiger partial charge on any atom is -0.495 e. The third kappa shape index (κ3) is 6.09. The van der Waals surface area contributed by atoms with Crippen molar-refractivity contribution in [3.8, 4) is 5.75 Å². The summed E-state index contributed by atoms with van der Waals surface area (Å²) in [7, 11) is -2.74. The maximum Gasteiger partial charge on any atom is 0.245 e. The molecule has 0 bridgehead atoms. The highest BCUT2D eigenvalue weighted by atomic mass is 35.5. The summed E-state index contributed by atoms with van der Waals surface area (Å²) in [6, 6.07) is 21.6. The Kier molecular flexibility index (Phi) is 7.90. The quantitative estimate of drug-likeness (QED) is 0.490. The van der Waals surface area contributed by atoms with Crippen molar-refractivity contribution >= 4 is 27.5 Å². The van der Waals surface area contributed by atoms with Crippen molar-refractivity contribution in [1.82, 2.24) is 10.0 Å². The first-order chi connectivity index (χ1) is 15.3. The molecule has 0 saturated heterocycles. The summed E-state index contributed by atoms with van der Waals surface area (Å²) in [5.41, 5.74) is 1.74. The molecule has 0 unspecified atom stereocenters. The molecule has 0 spiro atoms. The van der Waals surface area contributed by atoms with Gasteiger partial charge in [-0.05, 0) is 42.7 Å². The van der Waals surface area contributed by atoms with Crippen molar-refractivity contribution in [3.05, 3.63) is 95.0 Å². The van der Waals surface area contributed by atoms with Crippen molar-refractivity contribution in [1.29, 1.82) is 0 Å². The summed E-state index contributed by atoms with van der Waals surface area (Å²) in [5, 5.41) is 3.15. The van der Waals surface area contributed by atoms with E-state index in [1.165, 1.54) is 25.3 Å². The lowest BCUT2D eigenvalue weighted by Gasteiger charge is -2.22. The van der Waals surface area contributed by atoms with Crippen molar-refractivity contribution in [2.24, 2.45) is 0 Å². The summed E-state index contributed by atoms with van der Waals surface area (Å²) < 4.78 is 34.1. The van der Waals surface area contributed by atoms with Crippen molar-refractivity contribution in [2.75, 3.05) is 7.11 Å². The highest BCUT2D eigenvalue weighted by Crippen LogP contribution is 2.27. The lowest BCUT2D eigenvalue weighted by atomic mass is 10.0. The van der Waals surface area contributed by atoms with Crippen LogP contribution in [-0.4, -0.2) is 27.5 Å². The molecule has 168 valence electrons. The Morgan fingerprint density at radius 3 is 2.25 bits per heavy atom. The van der Waals surface area contributed by atoms with Gasteiger partial charge in [0.05, 0.1) is 13.2 Å². The Morgan fingerprint density at radius 2 is 1.62 bits per heavy atom. The summed E-state index contributed by atoms with van der Waals surface area (Å²) in [5.74, 6) is -0.298.